The van der Waals surface area contributed by atoms with Gasteiger partial charge in [0, 0.05) is 5.56 Å². The normalized spacial score (nSPS) is 10.7. The van der Waals surface area contributed by atoms with Gasteiger partial charge in [0.1, 0.15) is 11.6 Å². The number of carbonyl (C=O) groups is 1. The molecule has 0 atom stereocenters. The molecule has 2 aromatic carbocycles. The molecule has 0 aliphatic rings. The molecule has 0 heterocycles. The SMILES string of the molecule is Cc1cc(F)c(-c2cc(C(=O)O)c(C)cc2C)cc1F. The van der Waals surface area contributed by atoms with Crippen molar-refractivity contribution < 1.29 is 18.7 Å². The van der Waals surface area contributed by atoms with Crippen LogP contribution in [0.1, 0.15) is 27.0 Å². The highest BCUT2D eigenvalue weighted by molar-refractivity contribution is 5.91. The van der Waals surface area contributed by atoms with Crippen molar-refractivity contribution in [3.8, 4) is 11.1 Å². The van der Waals surface area contributed by atoms with Crippen LogP contribution in [0.25, 0.3) is 11.1 Å². The summed E-state index contributed by atoms with van der Waals surface area (Å²) in [6, 6.07) is 5.27. The molecule has 0 aliphatic carbocycles. The molecule has 0 radical (unpaired) electrons. The number of carboxylic acids is 1. The molecule has 0 saturated heterocycles. The summed E-state index contributed by atoms with van der Waals surface area (Å²) in [5.74, 6) is -2.16. The topological polar surface area (TPSA) is 37.3 Å². The first-order chi connectivity index (χ1) is 9.31. The standard InChI is InChI=1S/C16H14F2O2/c1-8-4-9(2)12(16(19)20)6-11(8)13-7-14(17)10(3)5-15(13)18/h4-7H,1-3H3,(H,19,20). The van der Waals surface area contributed by atoms with Crippen molar-refractivity contribution in [2.45, 2.75) is 20.8 Å². The Bertz CT molecular complexity index is 706. The highest BCUT2D eigenvalue weighted by Crippen LogP contribution is 2.30. The quantitative estimate of drug-likeness (QED) is 0.890. The number of hydrogen-bond donors (Lipinski definition) is 1. The van der Waals surface area contributed by atoms with Crippen LogP contribution in [-0.4, -0.2) is 11.1 Å². The minimum absolute atomic E-state index is 0.0769. The van der Waals surface area contributed by atoms with Gasteiger partial charge in [-0.3, -0.25) is 0 Å². The second kappa shape index (κ2) is 5.04. The zero-order valence-corrected chi connectivity index (χ0v) is 11.4. The Morgan fingerprint density at radius 2 is 1.50 bits per heavy atom. The number of aryl methyl sites for hydroxylation is 3. The Morgan fingerprint density at radius 3 is 2.10 bits per heavy atom. The van der Waals surface area contributed by atoms with E-state index in [-0.39, 0.29) is 16.7 Å². The molecular weight excluding hydrogens is 262 g/mol. The van der Waals surface area contributed by atoms with E-state index in [2.05, 4.69) is 0 Å². The van der Waals surface area contributed by atoms with E-state index < -0.39 is 17.6 Å². The van der Waals surface area contributed by atoms with Gasteiger partial charge in [0.2, 0.25) is 0 Å². The van der Waals surface area contributed by atoms with Gasteiger partial charge in [-0.1, -0.05) is 6.07 Å². The fourth-order valence-electron chi connectivity index (χ4n) is 2.23. The van der Waals surface area contributed by atoms with Crippen molar-refractivity contribution in [2.24, 2.45) is 0 Å². The third-order valence-corrected chi connectivity index (χ3v) is 3.34. The van der Waals surface area contributed by atoms with Crippen molar-refractivity contribution in [2.75, 3.05) is 0 Å². The van der Waals surface area contributed by atoms with Gasteiger partial charge in [0.15, 0.2) is 0 Å². The molecule has 0 amide bonds. The minimum atomic E-state index is -1.09. The lowest BCUT2D eigenvalue weighted by molar-refractivity contribution is 0.0696. The molecule has 0 bridgehead atoms. The van der Waals surface area contributed by atoms with Crippen LogP contribution in [0, 0.1) is 32.4 Å². The fourth-order valence-corrected chi connectivity index (χ4v) is 2.23. The predicted molar refractivity (Wildman–Crippen MR) is 73.0 cm³/mol. The maximum absolute atomic E-state index is 14.0. The number of aromatic carboxylic acids is 1. The first-order valence-electron chi connectivity index (χ1n) is 6.12. The van der Waals surface area contributed by atoms with E-state index >= 15 is 0 Å². The van der Waals surface area contributed by atoms with Gasteiger partial charge in [-0.25, -0.2) is 13.6 Å². The number of hydrogen-bond acceptors (Lipinski definition) is 1. The molecule has 0 spiro atoms. The van der Waals surface area contributed by atoms with Crippen LogP contribution < -0.4 is 0 Å². The van der Waals surface area contributed by atoms with E-state index in [0.717, 1.165) is 12.1 Å². The molecule has 2 rings (SSSR count). The number of rotatable bonds is 2. The Balaban J connectivity index is 2.73. The molecule has 104 valence electrons. The summed E-state index contributed by atoms with van der Waals surface area (Å²) in [5, 5.41) is 9.13. The van der Waals surface area contributed by atoms with Crippen LogP contribution in [0.3, 0.4) is 0 Å². The average Bonchev–Trinajstić information content (AvgIpc) is 2.34. The van der Waals surface area contributed by atoms with E-state index in [1.807, 2.05) is 0 Å². The van der Waals surface area contributed by atoms with Crippen LogP contribution in [0.5, 0.6) is 0 Å². The molecule has 0 aliphatic heterocycles. The van der Waals surface area contributed by atoms with Crippen molar-refractivity contribution in [3.05, 3.63) is 58.2 Å². The lowest BCUT2D eigenvalue weighted by Gasteiger charge is -2.12. The molecule has 0 saturated carbocycles. The van der Waals surface area contributed by atoms with Gasteiger partial charge in [-0.15, -0.1) is 0 Å². The number of benzene rings is 2. The molecule has 2 nitrogen and oxygen atoms in total. The summed E-state index contributed by atoms with van der Waals surface area (Å²) in [7, 11) is 0. The summed E-state index contributed by atoms with van der Waals surface area (Å²) < 4.78 is 27.6. The summed E-state index contributed by atoms with van der Waals surface area (Å²) in [5.41, 5.74) is 2.07. The zero-order valence-electron chi connectivity index (χ0n) is 11.4. The third-order valence-electron chi connectivity index (χ3n) is 3.34. The first-order valence-corrected chi connectivity index (χ1v) is 6.12. The smallest absolute Gasteiger partial charge is 0.335 e. The lowest BCUT2D eigenvalue weighted by Crippen LogP contribution is -2.02. The van der Waals surface area contributed by atoms with Crippen molar-refractivity contribution in [3.63, 3.8) is 0 Å². The Hall–Kier alpha value is -2.23. The third kappa shape index (κ3) is 2.41. The van der Waals surface area contributed by atoms with Gasteiger partial charge >= 0.3 is 5.97 Å². The summed E-state index contributed by atoms with van der Waals surface area (Å²) in [4.78, 5) is 11.2. The molecule has 2 aromatic rings. The molecule has 4 heteroatoms. The predicted octanol–water partition coefficient (Wildman–Crippen LogP) is 4.26. The largest absolute Gasteiger partial charge is 0.478 e. The van der Waals surface area contributed by atoms with Gasteiger partial charge in [0.25, 0.3) is 0 Å². The van der Waals surface area contributed by atoms with Crippen LogP contribution >= 0.6 is 0 Å². The summed E-state index contributed by atoms with van der Waals surface area (Å²) in [6.07, 6.45) is 0. The van der Waals surface area contributed by atoms with E-state index in [9.17, 15) is 13.6 Å². The Labute approximate surface area is 115 Å². The summed E-state index contributed by atoms with van der Waals surface area (Å²) >= 11 is 0. The molecule has 0 unspecified atom stereocenters. The van der Waals surface area contributed by atoms with E-state index in [1.54, 1.807) is 19.9 Å². The van der Waals surface area contributed by atoms with Crippen LogP contribution in [-0.2, 0) is 0 Å². The Kier molecular flexibility index (Phi) is 3.57. The van der Waals surface area contributed by atoms with E-state index in [0.29, 0.717) is 16.7 Å². The fraction of sp³-hybridized carbons (Fsp3) is 0.188. The monoisotopic (exact) mass is 276 g/mol. The van der Waals surface area contributed by atoms with Crippen LogP contribution in [0.15, 0.2) is 24.3 Å². The maximum Gasteiger partial charge on any atom is 0.335 e. The lowest BCUT2D eigenvalue weighted by atomic mass is 9.94. The molecule has 0 fully saturated rings. The highest BCUT2D eigenvalue weighted by atomic mass is 19.1. The van der Waals surface area contributed by atoms with Crippen molar-refractivity contribution in [1.82, 2.24) is 0 Å². The van der Waals surface area contributed by atoms with Gasteiger partial charge in [-0.2, -0.15) is 0 Å². The van der Waals surface area contributed by atoms with Gasteiger partial charge in [0.05, 0.1) is 5.56 Å². The Morgan fingerprint density at radius 1 is 0.850 bits per heavy atom. The second-order valence-electron chi connectivity index (χ2n) is 4.87. The van der Waals surface area contributed by atoms with Crippen LogP contribution in [0.4, 0.5) is 8.78 Å². The van der Waals surface area contributed by atoms with Gasteiger partial charge < -0.3 is 5.11 Å². The van der Waals surface area contributed by atoms with Gasteiger partial charge in [-0.05, 0) is 61.2 Å². The van der Waals surface area contributed by atoms with Crippen molar-refractivity contribution >= 4 is 5.97 Å². The first kappa shape index (κ1) is 14.2. The number of halogens is 2. The molecular formula is C16H14F2O2. The number of carboxylic acid groups (broad SMARTS) is 1. The maximum atomic E-state index is 14.0. The van der Waals surface area contributed by atoms with E-state index in [1.165, 1.54) is 13.0 Å². The van der Waals surface area contributed by atoms with Crippen molar-refractivity contribution in [1.29, 1.82) is 0 Å². The highest BCUT2D eigenvalue weighted by Gasteiger charge is 2.15. The summed E-state index contributed by atoms with van der Waals surface area (Å²) in [6.45, 7) is 4.89. The van der Waals surface area contributed by atoms with Crippen LogP contribution in [0.2, 0.25) is 0 Å². The minimum Gasteiger partial charge on any atom is -0.478 e. The van der Waals surface area contributed by atoms with E-state index in [4.69, 9.17) is 5.11 Å². The zero-order chi connectivity index (χ0) is 15.0. The molecule has 20 heavy (non-hydrogen) atoms. The molecule has 0 aromatic heterocycles. The molecule has 1 N–H and O–H groups in total. The second-order valence-corrected chi connectivity index (χ2v) is 4.87. The average molecular weight is 276 g/mol.